The highest BCUT2D eigenvalue weighted by atomic mass is 127. The summed E-state index contributed by atoms with van der Waals surface area (Å²) in [4.78, 5) is 17.1. The Morgan fingerprint density at radius 2 is 2.08 bits per heavy atom. The molecular formula is C20H18IN3O. The zero-order valence-corrected chi connectivity index (χ0v) is 16.2. The maximum absolute atomic E-state index is 12.7. The van der Waals surface area contributed by atoms with E-state index in [0.29, 0.717) is 5.56 Å². The van der Waals surface area contributed by atoms with Crippen LogP contribution in [0.4, 0.5) is 0 Å². The van der Waals surface area contributed by atoms with Crippen LogP contribution in [0, 0.1) is 14.9 Å². The molecule has 1 aromatic carbocycles. The first-order valence-corrected chi connectivity index (χ1v) is 9.41. The first-order valence-electron chi connectivity index (χ1n) is 8.33. The molecule has 0 amide bonds. The van der Waals surface area contributed by atoms with E-state index in [4.69, 9.17) is 5.26 Å². The monoisotopic (exact) mass is 443 g/mol. The van der Waals surface area contributed by atoms with Crippen molar-refractivity contribution < 1.29 is 0 Å². The summed E-state index contributed by atoms with van der Waals surface area (Å²) in [6.45, 7) is 2.92. The van der Waals surface area contributed by atoms with Crippen LogP contribution < -0.4 is 5.56 Å². The Labute approximate surface area is 160 Å². The lowest BCUT2D eigenvalue weighted by molar-refractivity contribution is 0.590. The number of hydrogen-bond donors (Lipinski definition) is 0. The number of hydrogen-bond acceptors (Lipinski definition) is 3. The van der Waals surface area contributed by atoms with Gasteiger partial charge in [0.2, 0.25) is 0 Å². The molecule has 0 saturated carbocycles. The topological polar surface area (TPSA) is 58.7 Å². The molecule has 0 aliphatic rings. The second-order valence-corrected chi connectivity index (χ2v) is 7.15. The van der Waals surface area contributed by atoms with E-state index in [1.165, 1.54) is 0 Å². The van der Waals surface area contributed by atoms with Gasteiger partial charge in [0.15, 0.2) is 0 Å². The van der Waals surface area contributed by atoms with Crippen molar-refractivity contribution in [2.45, 2.75) is 32.7 Å². The second kappa shape index (κ2) is 7.79. The molecule has 0 unspecified atom stereocenters. The molecule has 3 rings (SSSR count). The van der Waals surface area contributed by atoms with Crippen molar-refractivity contribution in [3.63, 3.8) is 0 Å². The third-order valence-electron chi connectivity index (χ3n) is 4.24. The number of aromatic nitrogens is 2. The Morgan fingerprint density at radius 1 is 1.24 bits per heavy atom. The highest BCUT2D eigenvalue weighted by Gasteiger charge is 2.10. The van der Waals surface area contributed by atoms with Crippen molar-refractivity contribution in [3.05, 3.63) is 62.2 Å². The van der Waals surface area contributed by atoms with Crippen LogP contribution in [0.25, 0.3) is 22.0 Å². The quantitative estimate of drug-likeness (QED) is 0.423. The lowest BCUT2D eigenvalue weighted by Crippen LogP contribution is -2.19. The minimum absolute atomic E-state index is 0.0610. The average Bonchev–Trinajstić information content (AvgIpc) is 2.64. The van der Waals surface area contributed by atoms with E-state index >= 15 is 0 Å². The number of nitriles is 1. The van der Waals surface area contributed by atoms with Crippen LogP contribution in [-0.2, 0) is 6.54 Å². The molecule has 5 heteroatoms. The third-order valence-corrected chi connectivity index (χ3v) is 5.13. The number of fused-ring (bicyclic) bond motifs is 1. The van der Waals surface area contributed by atoms with Gasteiger partial charge >= 0.3 is 0 Å². The summed E-state index contributed by atoms with van der Waals surface area (Å²) in [6.07, 6.45) is 6.74. The Bertz CT molecular complexity index is 1000. The van der Waals surface area contributed by atoms with E-state index in [1.807, 2.05) is 30.5 Å². The van der Waals surface area contributed by atoms with Crippen molar-refractivity contribution in [1.29, 1.82) is 5.26 Å². The van der Waals surface area contributed by atoms with Crippen molar-refractivity contribution in [2.24, 2.45) is 0 Å². The van der Waals surface area contributed by atoms with Gasteiger partial charge in [-0.25, -0.2) is 0 Å². The largest absolute Gasteiger partial charge is 0.315 e. The number of halogens is 1. The number of nitrogens with zero attached hydrogens (tertiary/aromatic N) is 3. The van der Waals surface area contributed by atoms with Gasteiger partial charge in [-0.05, 0) is 64.7 Å². The van der Waals surface area contributed by atoms with Gasteiger partial charge in [-0.3, -0.25) is 9.78 Å². The van der Waals surface area contributed by atoms with Gasteiger partial charge in [0.1, 0.15) is 6.07 Å². The van der Waals surface area contributed by atoms with E-state index in [0.717, 1.165) is 51.4 Å². The van der Waals surface area contributed by atoms with E-state index in [2.05, 4.69) is 40.6 Å². The molecule has 3 aromatic rings. The predicted octanol–water partition coefficient (Wildman–Crippen LogP) is 4.73. The Kier molecular flexibility index (Phi) is 5.49. The summed E-state index contributed by atoms with van der Waals surface area (Å²) in [5.41, 5.74) is 2.37. The minimum Gasteiger partial charge on any atom is -0.315 e. The molecule has 2 aromatic heterocycles. The van der Waals surface area contributed by atoms with Crippen LogP contribution in [0.5, 0.6) is 0 Å². The van der Waals surface area contributed by atoms with Crippen molar-refractivity contribution >= 4 is 33.4 Å². The Balaban J connectivity index is 2.03. The van der Waals surface area contributed by atoms with Crippen LogP contribution >= 0.6 is 22.6 Å². The predicted molar refractivity (Wildman–Crippen MR) is 108 cm³/mol. The second-order valence-electron chi connectivity index (χ2n) is 5.98. The lowest BCUT2D eigenvalue weighted by atomic mass is 10.1. The molecule has 2 heterocycles. The van der Waals surface area contributed by atoms with Crippen molar-refractivity contribution in [1.82, 2.24) is 9.55 Å². The molecule has 0 bridgehead atoms. The standard InChI is InChI=1S/C20H18IN3O/c1-2-3-4-8-24-9-7-15-10-17(18(21)11-16(15)20(24)25)19-6-5-14(12-22)13-23-19/h5-7,9-11,13H,2-4,8H2,1H3. The van der Waals surface area contributed by atoms with E-state index in [1.54, 1.807) is 16.8 Å². The molecular weight excluding hydrogens is 425 g/mol. The molecule has 126 valence electrons. The first-order chi connectivity index (χ1) is 12.1. The van der Waals surface area contributed by atoms with Gasteiger partial charge in [0, 0.05) is 33.5 Å². The molecule has 0 N–H and O–H groups in total. The summed E-state index contributed by atoms with van der Waals surface area (Å²) in [6, 6.07) is 11.6. The van der Waals surface area contributed by atoms with Crippen molar-refractivity contribution in [2.75, 3.05) is 0 Å². The van der Waals surface area contributed by atoms with Gasteiger partial charge in [-0.2, -0.15) is 5.26 Å². The first kappa shape index (κ1) is 17.6. The number of benzene rings is 1. The number of pyridine rings is 2. The summed E-state index contributed by atoms with van der Waals surface area (Å²) in [7, 11) is 0. The van der Waals surface area contributed by atoms with E-state index in [-0.39, 0.29) is 5.56 Å². The fourth-order valence-corrected chi connectivity index (χ4v) is 3.57. The SMILES string of the molecule is CCCCCn1ccc2cc(-c3ccc(C#N)cn3)c(I)cc2c1=O. The fraction of sp³-hybridized carbons (Fsp3) is 0.250. The van der Waals surface area contributed by atoms with Crippen LogP contribution in [0.15, 0.2) is 47.5 Å². The van der Waals surface area contributed by atoms with E-state index < -0.39 is 0 Å². The lowest BCUT2D eigenvalue weighted by Gasteiger charge is -2.10. The summed E-state index contributed by atoms with van der Waals surface area (Å²) in [5.74, 6) is 0. The zero-order chi connectivity index (χ0) is 17.8. The third kappa shape index (κ3) is 3.74. The summed E-state index contributed by atoms with van der Waals surface area (Å²) >= 11 is 2.24. The number of rotatable bonds is 5. The van der Waals surface area contributed by atoms with Crippen molar-refractivity contribution in [3.8, 4) is 17.3 Å². The van der Waals surface area contributed by atoms with Crippen LogP contribution in [0.1, 0.15) is 31.7 Å². The highest BCUT2D eigenvalue weighted by Crippen LogP contribution is 2.27. The fourth-order valence-electron chi connectivity index (χ4n) is 2.83. The van der Waals surface area contributed by atoms with Gasteiger partial charge in [-0.1, -0.05) is 19.8 Å². The van der Waals surface area contributed by atoms with Crippen LogP contribution in [0.3, 0.4) is 0 Å². The molecule has 0 radical (unpaired) electrons. The van der Waals surface area contributed by atoms with Gasteiger partial charge in [0.25, 0.3) is 5.56 Å². The summed E-state index contributed by atoms with van der Waals surface area (Å²) < 4.78 is 2.78. The Hall–Kier alpha value is -2.20. The molecule has 25 heavy (non-hydrogen) atoms. The highest BCUT2D eigenvalue weighted by molar-refractivity contribution is 14.1. The molecule has 0 saturated heterocycles. The summed E-state index contributed by atoms with van der Waals surface area (Å²) in [5, 5.41) is 10.6. The zero-order valence-electron chi connectivity index (χ0n) is 14.0. The normalized spacial score (nSPS) is 10.8. The maximum atomic E-state index is 12.7. The molecule has 0 aliphatic carbocycles. The van der Waals surface area contributed by atoms with Crippen LogP contribution in [0.2, 0.25) is 0 Å². The van der Waals surface area contributed by atoms with Gasteiger partial charge < -0.3 is 4.57 Å². The molecule has 0 fully saturated rings. The van der Waals surface area contributed by atoms with Gasteiger partial charge in [-0.15, -0.1) is 0 Å². The molecule has 0 aliphatic heterocycles. The average molecular weight is 443 g/mol. The number of aryl methyl sites for hydroxylation is 1. The van der Waals surface area contributed by atoms with E-state index in [9.17, 15) is 4.79 Å². The van der Waals surface area contributed by atoms with Crippen LogP contribution in [-0.4, -0.2) is 9.55 Å². The number of unbranched alkanes of at least 4 members (excludes halogenated alkanes) is 2. The minimum atomic E-state index is 0.0610. The Morgan fingerprint density at radius 3 is 2.76 bits per heavy atom. The molecule has 0 spiro atoms. The van der Waals surface area contributed by atoms with Gasteiger partial charge in [0.05, 0.1) is 11.3 Å². The maximum Gasteiger partial charge on any atom is 0.258 e. The smallest absolute Gasteiger partial charge is 0.258 e. The molecule has 4 nitrogen and oxygen atoms in total. The molecule has 0 atom stereocenters.